The molecule has 4 nitrogen and oxygen atoms in total. The molecular weight excluding hydrogens is 430 g/mol. The molecule has 6 heteroatoms. The number of halogens is 2. The third kappa shape index (κ3) is 8.35. The molecule has 0 spiro atoms. The van der Waals surface area contributed by atoms with Crippen LogP contribution in [0, 0.1) is 11.7 Å². The monoisotopic (exact) mass is 462 g/mol. The molecule has 0 saturated carbocycles. The highest BCUT2D eigenvalue weighted by Gasteiger charge is 2.15. The summed E-state index contributed by atoms with van der Waals surface area (Å²) in [4.78, 5) is 6.77. The first-order valence-electron chi connectivity index (χ1n) is 9.09. The predicted octanol–water partition coefficient (Wildman–Crippen LogP) is 3.62. The summed E-state index contributed by atoms with van der Waals surface area (Å²) in [6, 6.07) is 6.82. The summed E-state index contributed by atoms with van der Waals surface area (Å²) >= 11 is 0. The van der Waals surface area contributed by atoms with E-state index in [0.717, 1.165) is 24.8 Å². The summed E-state index contributed by atoms with van der Waals surface area (Å²) in [5, 5.41) is 6.46. The van der Waals surface area contributed by atoms with Gasteiger partial charge < -0.3 is 15.5 Å². The summed E-state index contributed by atoms with van der Waals surface area (Å²) in [5.41, 5.74) is 0.652. The Bertz CT molecular complexity index is 524. The van der Waals surface area contributed by atoms with Crippen LogP contribution in [0.5, 0.6) is 0 Å². The van der Waals surface area contributed by atoms with E-state index in [0.29, 0.717) is 12.1 Å². The molecule has 1 atom stereocenters. The number of piperidine rings is 1. The summed E-state index contributed by atoms with van der Waals surface area (Å²) in [6.07, 6.45) is 5.03. The molecule has 1 aromatic carbocycles. The van der Waals surface area contributed by atoms with Crippen LogP contribution in [-0.4, -0.2) is 44.1 Å². The Labute approximate surface area is 168 Å². The minimum absolute atomic E-state index is 0. The number of benzene rings is 1. The Morgan fingerprint density at radius 2 is 2.08 bits per heavy atom. The number of nitrogens with zero attached hydrogens (tertiary/aromatic N) is 2. The minimum Gasteiger partial charge on any atom is -0.356 e. The largest absolute Gasteiger partial charge is 0.356 e. The molecule has 25 heavy (non-hydrogen) atoms. The van der Waals surface area contributed by atoms with Gasteiger partial charge in [0, 0.05) is 32.2 Å². The average Bonchev–Trinajstić information content (AvgIpc) is 2.58. The molecule has 1 heterocycles. The Hall–Kier alpha value is -0.890. The maximum absolute atomic E-state index is 13.6. The molecule has 1 fully saturated rings. The van der Waals surface area contributed by atoms with E-state index in [9.17, 15) is 4.39 Å². The molecular formula is C19H32FIN4. The minimum atomic E-state index is -0.184. The fourth-order valence-electron chi connectivity index (χ4n) is 3.20. The predicted molar refractivity (Wildman–Crippen MR) is 114 cm³/mol. The first-order chi connectivity index (χ1) is 11.7. The van der Waals surface area contributed by atoms with Crippen LogP contribution in [0.2, 0.25) is 0 Å². The second-order valence-electron chi connectivity index (χ2n) is 6.70. The molecule has 0 radical (unpaired) electrons. The summed E-state index contributed by atoms with van der Waals surface area (Å²) < 4.78 is 13.6. The SMILES string of the molecule is CN=C(NCCCCN1CCCC(C)C1)NCc1ccccc1F.I. The van der Waals surface area contributed by atoms with Gasteiger partial charge >= 0.3 is 0 Å². The van der Waals surface area contributed by atoms with Gasteiger partial charge in [-0.2, -0.15) is 0 Å². The van der Waals surface area contributed by atoms with Crippen molar-refractivity contribution in [3.05, 3.63) is 35.6 Å². The first-order valence-corrected chi connectivity index (χ1v) is 9.09. The van der Waals surface area contributed by atoms with E-state index in [-0.39, 0.29) is 29.8 Å². The zero-order chi connectivity index (χ0) is 17.2. The quantitative estimate of drug-likeness (QED) is 0.282. The van der Waals surface area contributed by atoms with Crippen molar-refractivity contribution >= 4 is 29.9 Å². The zero-order valence-electron chi connectivity index (χ0n) is 15.4. The number of guanidine groups is 1. The summed E-state index contributed by atoms with van der Waals surface area (Å²) in [7, 11) is 1.74. The van der Waals surface area contributed by atoms with Gasteiger partial charge in [-0.25, -0.2) is 4.39 Å². The lowest BCUT2D eigenvalue weighted by atomic mass is 10.0. The Kier molecular flexibility index (Phi) is 11.0. The van der Waals surface area contributed by atoms with Gasteiger partial charge in [0.1, 0.15) is 5.82 Å². The normalized spacial score (nSPS) is 18.5. The van der Waals surface area contributed by atoms with Crippen molar-refractivity contribution < 1.29 is 4.39 Å². The number of nitrogens with one attached hydrogen (secondary N) is 2. The van der Waals surface area contributed by atoms with E-state index < -0.39 is 0 Å². The molecule has 0 amide bonds. The van der Waals surface area contributed by atoms with Crippen molar-refractivity contribution in [2.75, 3.05) is 33.2 Å². The molecule has 142 valence electrons. The highest BCUT2D eigenvalue weighted by molar-refractivity contribution is 14.0. The van der Waals surface area contributed by atoms with Crippen molar-refractivity contribution in [1.29, 1.82) is 0 Å². The van der Waals surface area contributed by atoms with Crippen LogP contribution in [-0.2, 0) is 6.54 Å². The van der Waals surface area contributed by atoms with Gasteiger partial charge in [0.05, 0.1) is 0 Å². The Balaban J connectivity index is 0.00000312. The van der Waals surface area contributed by atoms with Crippen molar-refractivity contribution in [2.45, 2.75) is 39.2 Å². The number of hydrogen-bond donors (Lipinski definition) is 2. The molecule has 0 bridgehead atoms. The van der Waals surface area contributed by atoms with Crippen LogP contribution in [0.1, 0.15) is 38.2 Å². The van der Waals surface area contributed by atoms with Crippen LogP contribution in [0.25, 0.3) is 0 Å². The van der Waals surface area contributed by atoms with Gasteiger partial charge in [-0.3, -0.25) is 4.99 Å². The number of rotatable bonds is 7. The van der Waals surface area contributed by atoms with E-state index in [2.05, 4.69) is 27.4 Å². The van der Waals surface area contributed by atoms with Crippen LogP contribution in [0.4, 0.5) is 4.39 Å². The van der Waals surface area contributed by atoms with Gasteiger partial charge in [-0.15, -0.1) is 24.0 Å². The topological polar surface area (TPSA) is 39.7 Å². The van der Waals surface area contributed by atoms with Crippen LogP contribution < -0.4 is 10.6 Å². The lowest BCUT2D eigenvalue weighted by Crippen LogP contribution is -2.38. The van der Waals surface area contributed by atoms with Crippen LogP contribution >= 0.6 is 24.0 Å². The second-order valence-corrected chi connectivity index (χ2v) is 6.70. The first kappa shape index (κ1) is 22.2. The van der Waals surface area contributed by atoms with Gasteiger partial charge in [0.25, 0.3) is 0 Å². The zero-order valence-corrected chi connectivity index (χ0v) is 17.8. The van der Waals surface area contributed by atoms with E-state index in [1.165, 1.54) is 45.0 Å². The number of aliphatic imine (C=N–C) groups is 1. The van der Waals surface area contributed by atoms with Crippen molar-refractivity contribution in [3.63, 3.8) is 0 Å². The van der Waals surface area contributed by atoms with Crippen molar-refractivity contribution in [2.24, 2.45) is 10.9 Å². The third-order valence-electron chi connectivity index (χ3n) is 4.56. The highest BCUT2D eigenvalue weighted by Crippen LogP contribution is 2.15. The summed E-state index contributed by atoms with van der Waals surface area (Å²) in [6.45, 7) is 7.37. The smallest absolute Gasteiger partial charge is 0.191 e. The number of likely N-dealkylation sites (tertiary alicyclic amines) is 1. The standard InChI is InChI=1S/C19H31FN4.HI/c1-16-8-7-13-24(15-16)12-6-5-11-22-19(21-2)23-14-17-9-3-4-10-18(17)20;/h3-4,9-10,16H,5-8,11-15H2,1-2H3,(H2,21,22,23);1H. The average molecular weight is 462 g/mol. The fourth-order valence-corrected chi connectivity index (χ4v) is 3.20. The molecule has 1 aromatic rings. The molecule has 2 N–H and O–H groups in total. The molecule has 1 saturated heterocycles. The van der Waals surface area contributed by atoms with E-state index in [4.69, 9.17) is 0 Å². The van der Waals surface area contributed by atoms with E-state index >= 15 is 0 Å². The Morgan fingerprint density at radius 3 is 2.80 bits per heavy atom. The molecule has 1 unspecified atom stereocenters. The maximum Gasteiger partial charge on any atom is 0.191 e. The second kappa shape index (κ2) is 12.5. The van der Waals surface area contributed by atoms with Crippen LogP contribution in [0.3, 0.4) is 0 Å². The molecule has 0 aromatic heterocycles. The Morgan fingerprint density at radius 1 is 1.28 bits per heavy atom. The number of unbranched alkanes of at least 4 members (excludes halogenated alkanes) is 1. The van der Waals surface area contributed by atoms with Crippen LogP contribution in [0.15, 0.2) is 29.3 Å². The molecule has 1 aliphatic rings. The number of hydrogen-bond acceptors (Lipinski definition) is 2. The maximum atomic E-state index is 13.6. The van der Waals surface area contributed by atoms with Gasteiger partial charge in [-0.1, -0.05) is 25.1 Å². The fraction of sp³-hybridized carbons (Fsp3) is 0.632. The van der Waals surface area contributed by atoms with E-state index in [1.807, 2.05) is 6.07 Å². The molecule has 1 aliphatic heterocycles. The molecule has 0 aliphatic carbocycles. The highest BCUT2D eigenvalue weighted by atomic mass is 127. The summed E-state index contributed by atoms with van der Waals surface area (Å²) in [5.74, 6) is 1.39. The van der Waals surface area contributed by atoms with Crippen molar-refractivity contribution in [3.8, 4) is 0 Å². The molecule has 2 rings (SSSR count). The third-order valence-corrected chi connectivity index (χ3v) is 4.56. The lowest BCUT2D eigenvalue weighted by Gasteiger charge is -2.30. The lowest BCUT2D eigenvalue weighted by molar-refractivity contribution is 0.181. The van der Waals surface area contributed by atoms with Gasteiger partial charge in [0.15, 0.2) is 5.96 Å². The van der Waals surface area contributed by atoms with Crippen molar-refractivity contribution in [1.82, 2.24) is 15.5 Å². The van der Waals surface area contributed by atoms with E-state index in [1.54, 1.807) is 19.2 Å². The van der Waals surface area contributed by atoms with Gasteiger partial charge in [-0.05, 0) is 50.8 Å². The van der Waals surface area contributed by atoms with Gasteiger partial charge in [0.2, 0.25) is 0 Å².